The molecule has 0 amide bonds. The molecule has 0 aliphatic heterocycles. The first kappa shape index (κ1) is 9.84. The van der Waals surface area contributed by atoms with Crippen LogP contribution < -0.4 is 4.90 Å². The number of anilines is 1. The molecule has 1 nitrogen and oxygen atoms in total. The maximum atomic E-state index is 2.38. The number of para-hydroxylation sites is 1. The molecule has 66 valence electrons. The predicted molar refractivity (Wildman–Crippen MR) is 62.7 cm³/mol. The summed E-state index contributed by atoms with van der Waals surface area (Å²) in [5, 5.41) is 0. The highest BCUT2D eigenvalue weighted by Gasteiger charge is 2.03. The summed E-state index contributed by atoms with van der Waals surface area (Å²) in [6, 6.07) is 8.49. The number of rotatable bonds is 3. The monoisotopic (exact) mass is 275 g/mol. The molecule has 0 spiro atoms. The van der Waals surface area contributed by atoms with Gasteiger partial charge in [0.15, 0.2) is 0 Å². The standard InChI is InChI=1S/C10H14IN/c1-3-12(4-2)10-8-6-5-7-9(10)11/h5-8H,3-4H2,1-2H3. The third-order valence-corrected chi connectivity index (χ3v) is 2.87. The summed E-state index contributed by atoms with van der Waals surface area (Å²) in [6.45, 7) is 6.53. The first-order valence-corrected chi connectivity index (χ1v) is 5.37. The van der Waals surface area contributed by atoms with Crippen LogP contribution in [0.25, 0.3) is 0 Å². The fourth-order valence-corrected chi connectivity index (χ4v) is 2.00. The van der Waals surface area contributed by atoms with Crippen molar-refractivity contribution in [1.82, 2.24) is 0 Å². The summed E-state index contributed by atoms with van der Waals surface area (Å²) in [5.41, 5.74) is 1.35. The predicted octanol–water partition coefficient (Wildman–Crippen LogP) is 3.14. The van der Waals surface area contributed by atoms with Gasteiger partial charge in [-0.2, -0.15) is 0 Å². The molecular formula is C10H14IN. The molecule has 1 aromatic carbocycles. The molecule has 1 rings (SSSR count). The molecule has 0 aromatic heterocycles. The van der Waals surface area contributed by atoms with Crippen molar-refractivity contribution in [1.29, 1.82) is 0 Å². The Bertz CT molecular complexity index is 243. The van der Waals surface area contributed by atoms with Gasteiger partial charge in [-0.3, -0.25) is 0 Å². The van der Waals surface area contributed by atoms with Crippen LogP contribution >= 0.6 is 22.6 Å². The molecule has 0 aliphatic rings. The van der Waals surface area contributed by atoms with Gasteiger partial charge in [0.05, 0.1) is 5.69 Å². The zero-order valence-electron chi connectivity index (χ0n) is 7.55. The SMILES string of the molecule is CCN(CC)c1ccccc1I. The van der Waals surface area contributed by atoms with E-state index in [1.807, 2.05) is 0 Å². The average molecular weight is 275 g/mol. The van der Waals surface area contributed by atoms with Crippen LogP contribution in [0.5, 0.6) is 0 Å². The van der Waals surface area contributed by atoms with Crippen LogP contribution in [0.1, 0.15) is 13.8 Å². The van der Waals surface area contributed by atoms with Crippen molar-refractivity contribution < 1.29 is 0 Å². The highest BCUT2D eigenvalue weighted by atomic mass is 127. The summed E-state index contributed by atoms with van der Waals surface area (Å²) >= 11 is 2.38. The van der Waals surface area contributed by atoms with Gasteiger partial charge in [0.2, 0.25) is 0 Å². The molecular weight excluding hydrogens is 261 g/mol. The molecule has 0 saturated carbocycles. The Labute approximate surface area is 87.9 Å². The fourth-order valence-electron chi connectivity index (χ4n) is 1.27. The third kappa shape index (κ3) is 2.12. The number of benzene rings is 1. The van der Waals surface area contributed by atoms with Gasteiger partial charge in [0.25, 0.3) is 0 Å². The molecule has 0 radical (unpaired) electrons. The Kier molecular flexibility index (Phi) is 3.85. The van der Waals surface area contributed by atoms with Crippen molar-refractivity contribution in [3.63, 3.8) is 0 Å². The van der Waals surface area contributed by atoms with E-state index in [4.69, 9.17) is 0 Å². The zero-order valence-corrected chi connectivity index (χ0v) is 9.71. The second kappa shape index (κ2) is 4.70. The lowest BCUT2D eigenvalue weighted by Crippen LogP contribution is -2.22. The van der Waals surface area contributed by atoms with E-state index in [2.05, 4.69) is 65.6 Å². The van der Waals surface area contributed by atoms with Crippen LogP contribution in [0.2, 0.25) is 0 Å². The van der Waals surface area contributed by atoms with Crippen molar-refractivity contribution >= 4 is 28.3 Å². The van der Waals surface area contributed by atoms with Gasteiger partial charge in [-0.25, -0.2) is 0 Å². The van der Waals surface area contributed by atoms with Crippen LogP contribution in [-0.2, 0) is 0 Å². The Balaban J connectivity index is 2.92. The summed E-state index contributed by atoms with van der Waals surface area (Å²) in [7, 11) is 0. The molecule has 0 aliphatic carbocycles. The Hall–Kier alpha value is -0.250. The van der Waals surface area contributed by atoms with E-state index in [1.165, 1.54) is 9.26 Å². The Morgan fingerprint density at radius 1 is 1.17 bits per heavy atom. The van der Waals surface area contributed by atoms with Crippen molar-refractivity contribution in [3.05, 3.63) is 27.8 Å². The Morgan fingerprint density at radius 3 is 2.25 bits per heavy atom. The minimum Gasteiger partial charge on any atom is -0.371 e. The maximum Gasteiger partial charge on any atom is 0.0501 e. The van der Waals surface area contributed by atoms with Crippen LogP contribution in [0, 0.1) is 3.57 Å². The molecule has 0 atom stereocenters. The summed E-state index contributed by atoms with van der Waals surface area (Å²) in [4.78, 5) is 2.36. The number of nitrogens with zero attached hydrogens (tertiary/aromatic N) is 1. The summed E-state index contributed by atoms with van der Waals surface area (Å²) < 4.78 is 1.33. The van der Waals surface area contributed by atoms with Gasteiger partial charge >= 0.3 is 0 Å². The molecule has 0 saturated heterocycles. The van der Waals surface area contributed by atoms with Gasteiger partial charge in [-0.15, -0.1) is 0 Å². The van der Waals surface area contributed by atoms with Gasteiger partial charge in [-0.05, 0) is 48.6 Å². The highest BCUT2D eigenvalue weighted by Crippen LogP contribution is 2.21. The van der Waals surface area contributed by atoms with Crippen molar-refractivity contribution in [2.75, 3.05) is 18.0 Å². The maximum absolute atomic E-state index is 2.38. The van der Waals surface area contributed by atoms with E-state index in [-0.39, 0.29) is 0 Å². The smallest absolute Gasteiger partial charge is 0.0501 e. The highest BCUT2D eigenvalue weighted by molar-refractivity contribution is 14.1. The van der Waals surface area contributed by atoms with Crippen molar-refractivity contribution in [3.8, 4) is 0 Å². The minimum atomic E-state index is 1.08. The van der Waals surface area contributed by atoms with Crippen LogP contribution in [-0.4, -0.2) is 13.1 Å². The molecule has 0 N–H and O–H groups in total. The van der Waals surface area contributed by atoms with E-state index >= 15 is 0 Å². The molecule has 0 bridgehead atoms. The van der Waals surface area contributed by atoms with Crippen LogP contribution in [0.4, 0.5) is 5.69 Å². The van der Waals surface area contributed by atoms with Crippen molar-refractivity contribution in [2.45, 2.75) is 13.8 Å². The Morgan fingerprint density at radius 2 is 1.75 bits per heavy atom. The molecule has 0 unspecified atom stereocenters. The third-order valence-electron chi connectivity index (χ3n) is 1.96. The lowest BCUT2D eigenvalue weighted by molar-refractivity contribution is 0.863. The van der Waals surface area contributed by atoms with Gasteiger partial charge in [0.1, 0.15) is 0 Å². The number of halogens is 1. The zero-order chi connectivity index (χ0) is 8.97. The topological polar surface area (TPSA) is 3.24 Å². The van der Waals surface area contributed by atoms with Crippen LogP contribution in [0.3, 0.4) is 0 Å². The van der Waals surface area contributed by atoms with Gasteiger partial charge in [0, 0.05) is 16.7 Å². The molecule has 1 aromatic rings. The average Bonchev–Trinajstić information content (AvgIpc) is 2.10. The van der Waals surface area contributed by atoms with E-state index in [1.54, 1.807) is 0 Å². The number of hydrogen-bond acceptors (Lipinski definition) is 1. The van der Waals surface area contributed by atoms with Crippen molar-refractivity contribution in [2.24, 2.45) is 0 Å². The molecule has 2 heteroatoms. The lowest BCUT2D eigenvalue weighted by atomic mass is 10.3. The van der Waals surface area contributed by atoms with E-state index < -0.39 is 0 Å². The minimum absolute atomic E-state index is 1.08. The second-order valence-electron chi connectivity index (χ2n) is 2.62. The van der Waals surface area contributed by atoms with E-state index in [0.717, 1.165) is 13.1 Å². The van der Waals surface area contributed by atoms with E-state index in [0.29, 0.717) is 0 Å². The lowest BCUT2D eigenvalue weighted by Gasteiger charge is -2.22. The molecule has 12 heavy (non-hydrogen) atoms. The van der Waals surface area contributed by atoms with Crippen LogP contribution in [0.15, 0.2) is 24.3 Å². The normalized spacial score (nSPS) is 9.92. The fraction of sp³-hybridized carbons (Fsp3) is 0.400. The summed E-state index contributed by atoms with van der Waals surface area (Å²) in [5.74, 6) is 0. The van der Waals surface area contributed by atoms with E-state index in [9.17, 15) is 0 Å². The quantitative estimate of drug-likeness (QED) is 0.766. The van der Waals surface area contributed by atoms with Gasteiger partial charge < -0.3 is 4.90 Å². The summed E-state index contributed by atoms with van der Waals surface area (Å²) in [6.07, 6.45) is 0. The number of hydrogen-bond donors (Lipinski definition) is 0. The first-order valence-electron chi connectivity index (χ1n) is 4.29. The first-order chi connectivity index (χ1) is 5.79. The van der Waals surface area contributed by atoms with Gasteiger partial charge in [-0.1, -0.05) is 12.1 Å². The second-order valence-corrected chi connectivity index (χ2v) is 3.79. The largest absolute Gasteiger partial charge is 0.371 e. The molecule has 0 heterocycles. The molecule has 0 fully saturated rings.